The Morgan fingerprint density at radius 1 is 1.42 bits per heavy atom. The van der Waals surface area contributed by atoms with Crippen LogP contribution in [0, 0.1) is 5.82 Å². The van der Waals surface area contributed by atoms with Gasteiger partial charge in [0.25, 0.3) is 0 Å². The number of benzene rings is 1. The fourth-order valence-electron chi connectivity index (χ4n) is 0.852. The molecule has 0 N–H and O–H groups in total. The summed E-state index contributed by atoms with van der Waals surface area (Å²) in [5, 5.41) is 1.17. The highest BCUT2D eigenvalue weighted by Gasteiger charge is 1.94. The lowest BCUT2D eigenvalue weighted by Gasteiger charge is -1.95. The van der Waals surface area contributed by atoms with E-state index in [9.17, 15) is 4.39 Å². The summed E-state index contributed by atoms with van der Waals surface area (Å²) in [6.07, 6.45) is 3.69. The smallest absolute Gasteiger partial charge is 0.125 e. The lowest BCUT2D eigenvalue weighted by Crippen LogP contribution is -1.77. The zero-order valence-electron chi connectivity index (χ0n) is 6.23. The maximum absolute atomic E-state index is 12.7. The van der Waals surface area contributed by atoms with E-state index < -0.39 is 0 Å². The molecule has 0 fully saturated rings. The van der Waals surface area contributed by atoms with Crippen molar-refractivity contribution in [1.82, 2.24) is 0 Å². The molecule has 0 saturated heterocycles. The Balaban J connectivity index is 2.93. The van der Waals surface area contributed by atoms with E-state index in [-0.39, 0.29) is 5.82 Å². The van der Waals surface area contributed by atoms with Gasteiger partial charge in [-0.25, -0.2) is 4.39 Å². The minimum absolute atomic E-state index is 0.309. The Kier molecular flexibility index (Phi) is 3.76. The van der Waals surface area contributed by atoms with Crippen molar-refractivity contribution in [3.63, 3.8) is 0 Å². The molecule has 1 rings (SSSR count). The number of hydrogen-bond acceptors (Lipinski definition) is 0. The molecule has 0 spiro atoms. The molecule has 0 heterocycles. The number of halogens is 3. The Morgan fingerprint density at radius 3 is 2.75 bits per heavy atom. The quantitative estimate of drug-likeness (QED) is 0.698. The zero-order chi connectivity index (χ0) is 8.97. The van der Waals surface area contributed by atoms with Crippen molar-refractivity contribution in [1.29, 1.82) is 0 Å². The van der Waals surface area contributed by atoms with Crippen molar-refractivity contribution in [2.45, 2.75) is 0 Å². The Labute approximate surface area is 84.2 Å². The molecule has 1 aromatic rings. The van der Waals surface area contributed by atoms with Crippen LogP contribution >= 0.6 is 27.5 Å². The third-order valence-electron chi connectivity index (χ3n) is 1.28. The molecule has 12 heavy (non-hydrogen) atoms. The van der Waals surface area contributed by atoms with Crippen molar-refractivity contribution in [3.8, 4) is 0 Å². The van der Waals surface area contributed by atoms with Gasteiger partial charge in [-0.1, -0.05) is 39.7 Å². The molecule has 3 heteroatoms. The molecule has 0 unspecified atom stereocenters. The molecule has 0 saturated carbocycles. The molecular weight excluding hydrogens is 242 g/mol. The number of hydrogen-bond donors (Lipinski definition) is 0. The molecule has 0 aliphatic carbocycles. The lowest BCUT2D eigenvalue weighted by molar-refractivity contribution is 0.627. The van der Waals surface area contributed by atoms with Gasteiger partial charge in [0.2, 0.25) is 0 Å². The molecule has 0 aliphatic heterocycles. The normalized spacial score (nSPS) is 10.9. The summed E-state index contributed by atoms with van der Waals surface area (Å²) in [5.74, 6) is -0.309. The van der Waals surface area contributed by atoms with E-state index in [0.717, 1.165) is 10.9 Å². The van der Waals surface area contributed by atoms with Crippen LogP contribution < -0.4 is 0 Å². The predicted molar refractivity (Wildman–Crippen MR) is 54.2 cm³/mol. The van der Waals surface area contributed by atoms with E-state index >= 15 is 0 Å². The van der Waals surface area contributed by atoms with Gasteiger partial charge in [-0.05, 0) is 23.8 Å². The van der Waals surface area contributed by atoms with E-state index in [1.54, 1.807) is 6.07 Å². The molecule has 0 aromatic heterocycles. The summed E-state index contributed by atoms with van der Waals surface area (Å²) in [6, 6.07) is 4.43. The predicted octanol–water partition coefficient (Wildman–Crippen LogP) is 3.89. The van der Waals surface area contributed by atoms with E-state index in [1.807, 2.05) is 12.2 Å². The van der Waals surface area contributed by atoms with E-state index in [4.69, 9.17) is 11.6 Å². The van der Waals surface area contributed by atoms with Gasteiger partial charge in [-0.15, -0.1) is 0 Å². The minimum atomic E-state index is -0.309. The van der Waals surface area contributed by atoms with E-state index in [0.29, 0.717) is 5.02 Å². The van der Waals surface area contributed by atoms with E-state index in [1.165, 1.54) is 12.1 Å². The van der Waals surface area contributed by atoms with Gasteiger partial charge in [0, 0.05) is 10.4 Å². The van der Waals surface area contributed by atoms with Crippen molar-refractivity contribution >= 4 is 33.6 Å². The first-order valence-corrected chi connectivity index (χ1v) is 4.91. The molecule has 0 radical (unpaired) electrons. The van der Waals surface area contributed by atoms with Crippen LogP contribution in [0.1, 0.15) is 5.56 Å². The number of allylic oxidation sites excluding steroid dienone is 1. The van der Waals surface area contributed by atoms with Gasteiger partial charge in [-0.3, -0.25) is 0 Å². The third kappa shape index (κ3) is 2.95. The summed E-state index contributed by atoms with van der Waals surface area (Å²) in [7, 11) is 0. The van der Waals surface area contributed by atoms with Gasteiger partial charge >= 0.3 is 0 Å². The Bertz CT molecular complexity index is 276. The second-order valence-corrected chi connectivity index (χ2v) is 3.34. The van der Waals surface area contributed by atoms with Crippen LogP contribution in [0.4, 0.5) is 4.39 Å². The van der Waals surface area contributed by atoms with Crippen molar-refractivity contribution in [3.05, 3.63) is 40.7 Å². The van der Waals surface area contributed by atoms with E-state index in [2.05, 4.69) is 15.9 Å². The van der Waals surface area contributed by atoms with Crippen LogP contribution in [0.2, 0.25) is 5.02 Å². The monoisotopic (exact) mass is 248 g/mol. The number of rotatable bonds is 2. The Hall–Kier alpha value is -0.340. The van der Waals surface area contributed by atoms with Gasteiger partial charge < -0.3 is 0 Å². The van der Waals surface area contributed by atoms with Crippen LogP contribution in [0.5, 0.6) is 0 Å². The van der Waals surface area contributed by atoms with Crippen molar-refractivity contribution in [2.75, 3.05) is 5.33 Å². The molecular formula is C9H7BrClF. The molecule has 1 aromatic carbocycles. The molecule has 0 aliphatic rings. The van der Waals surface area contributed by atoms with Gasteiger partial charge in [-0.2, -0.15) is 0 Å². The van der Waals surface area contributed by atoms with Gasteiger partial charge in [0.15, 0.2) is 0 Å². The third-order valence-corrected chi connectivity index (χ3v) is 1.88. The molecule has 0 nitrogen and oxygen atoms in total. The van der Waals surface area contributed by atoms with Crippen LogP contribution in [0.25, 0.3) is 6.08 Å². The van der Waals surface area contributed by atoms with Crippen molar-refractivity contribution < 1.29 is 4.39 Å². The highest BCUT2D eigenvalue weighted by atomic mass is 79.9. The van der Waals surface area contributed by atoms with Crippen LogP contribution in [0.15, 0.2) is 24.3 Å². The lowest BCUT2D eigenvalue weighted by atomic mass is 10.2. The summed E-state index contributed by atoms with van der Waals surface area (Å²) in [4.78, 5) is 0. The highest BCUT2D eigenvalue weighted by Crippen LogP contribution is 2.15. The topological polar surface area (TPSA) is 0 Å². The van der Waals surface area contributed by atoms with Gasteiger partial charge in [0.1, 0.15) is 5.82 Å². The number of alkyl halides is 1. The maximum Gasteiger partial charge on any atom is 0.125 e. The summed E-state index contributed by atoms with van der Waals surface area (Å²) in [6.45, 7) is 0. The largest absolute Gasteiger partial charge is 0.207 e. The molecule has 64 valence electrons. The summed E-state index contributed by atoms with van der Waals surface area (Å²) < 4.78 is 12.7. The fraction of sp³-hybridized carbons (Fsp3) is 0.111. The minimum Gasteiger partial charge on any atom is -0.207 e. The zero-order valence-corrected chi connectivity index (χ0v) is 8.57. The fourth-order valence-corrected chi connectivity index (χ4v) is 1.27. The Morgan fingerprint density at radius 2 is 2.17 bits per heavy atom. The molecule has 0 atom stereocenters. The van der Waals surface area contributed by atoms with Crippen LogP contribution in [0.3, 0.4) is 0 Å². The van der Waals surface area contributed by atoms with Crippen LogP contribution in [-0.4, -0.2) is 5.33 Å². The summed E-state index contributed by atoms with van der Waals surface area (Å²) in [5.41, 5.74) is 0.777. The van der Waals surface area contributed by atoms with Gasteiger partial charge in [0.05, 0.1) is 0 Å². The SMILES string of the molecule is Fc1cc(Cl)cc(/C=C/CBr)c1. The second-order valence-electron chi connectivity index (χ2n) is 2.26. The molecule has 0 bridgehead atoms. The average Bonchev–Trinajstić information content (AvgIpc) is 1.99. The maximum atomic E-state index is 12.7. The van der Waals surface area contributed by atoms with Crippen LogP contribution in [-0.2, 0) is 0 Å². The van der Waals surface area contributed by atoms with Crippen molar-refractivity contribution in [2.24, 2.45) is 0 Å². The summed E-state index contributed by atoms with van der Waals surface area (Å²) >= 11 is 8.87. The average molecular weight is 250 g/mol. The standard InChI is InChI=1S/C9H7BrClF/c10-3-1-2-7-4-8(11)6-9(12)5-7/h1-2,4-6H,3H2/b2-1+. The highest BCUT2D eigenvalue weighted by molar-refractivity contribution is 9.09. The molecule has 0 amide bonds. The first kappa shape index (κ1) is 9.75. The first-order valence-electron chi connectivity index (χ1n) is 3.41. The second kappa shape index (κ2) is 4.63. The first-order chi connectivity index (χ1) is 5.72.